The molecule has 124 valence electrons. The summed E-state index contributed by atoms with van der Waals surface area (Å²) in [5.74, 6) is -1.14. The van der Waals surface area contributed by atoms with E-state index < -0.39 is 17.4 Å². The number of nitrogens with one attached hydrogen (secondary N) is 1. The normalized spacial score (nSPS) is 13.1. The molecule has 3 rings (SSSR count). The van der Waals surface area contributed by atoms with Crippen molar-refractivity contribution in [3.05, 3.63) is 56.4 Å². The van der Waals surface area contributed by atoms with E-state index in [1.165, 1.54) is 10.6 Å². The molecule has 2 amide bonds. The van der Waals surface area contributed by atoms with E-state index in [-0.39, 0.29) is 16.9 Å². The van der Waals surface area contributed by atoms with Crippen molar-refractivity contribution in [2.45, 2.75) is 33.6 Å². The van der Waals surface area contributed by atoms with Gasteiger partial charge in [-0.05, 0) is 30.9 Å². The number of imide groups is 1. The monoisotopic (exact) mass is 325 g/mol. The zero-order valence-electron chi connectivity index (χ0n) is 13.9. The van der Waals surface area contributed by atoms with Crippen LogP contribution < -0.4 is 16.6 Å². The number of carbonyl (C=O) groups excluding carboxylic acids is 2. The molecular weight excluding hydrogens is 306 g/mol. The van der Waals surface area contributed by atoms with Gasteiger partial charge in [-0.2, -0.15) is 0 Å². The Hall–Kier alpha value is -2.89. The van der Waals surface area contributed by atoms with Crippen LogP contribution in [-0.2, 0) is 12.8 Å². The molecule has 3 N–H and O–H groups in total. The quantitative estimate of drug-likeness (QED) is 0.840. The summed E-state index contributed by atoms with van der Waals surface area (Å²) < 4.78 is 1.36. The van der Waals surface area contributed by atoms with Gasteiger partial charge in [0.1, 0.15) is 5.82 Å². The van der Waals surface area contributed by atoms with Crippen LogP contribution >= 0.6 is 0 Å². The molecule has 2 aromatic rings. The molecule has 1 aromatic heterocycles. The van der Waals surface area contributed by atoms with Crippen LogP contribution in [-0.4, -0.2) is 16.4 Å². The first-order valence-electron chi connectivity index (χ1n) is 7.93. The first-order chi connectivity index (χ1) is 11.4. The maximum atomic E-state index is 12.7. The van der Waals surface area contributed by atoms with Crippen LogP contribution in [0.3, 0.4) is 0 Å². The van der Waals surface area contributed by atoms with Crippen LogP contribution in [0.1, 0.15) is 51.3 Å². The number of hydrogen-bond acceptors (Lipinski definition) is 4. The largest absolute Gasteiger partial charge is 0.384 e. The fraction of sp³-hybridized carbons (Fsp3) is 0.278. The molecular formula is C18H19N3O3. The van der Waals surface area contributed by atoms with Gasteiger partial charge >= 0.3 is 0 Å². The van der Waals surface area contributed by atoms with Gasteiger partial charge in [-0.3, -0.25) is 24.3 Å². The van der Waals surface area contributed by atoms with Crippen molar-refractivity contribution in [1.29, 1.82) is 0 Å². The summed E-state index contributed by atoms with van der Waals surface area (Å²) in [7, 11) is 0. The number of amides is 2. The molecule has 1 aromatic carbocycles. The first-order valence-corrected chi connectivity index (χ1v) is 7.93. The number of carbonyl (C=O) groups is 2. The van der Waals surface area contributed by atoms with E-state index in [1.807, 2.05) is 32.9 Å². The third-order valence-electron chi connectivity index (χ3n) is 4.35. The number of aromatic nitrogens is 1. The second-order valence-electron chi connectivity index (χ2n) is 5.91. The van der Waals surface area contributed by atoms with E-state index in [9.17, 15) is 14.4 Å². The number of nitrogens with two attached hydrogens (primary N) is 1. The zero-order chi connectivity index (χ0) is 17.6. The van der Waals surface area contributed by atoms with E-state index in [2.05, 4.69) is 5.32 Å². The number of pyridine rings is 1. The molecule has 6 nitrogen and oxygen atoms in total. The van der Waals surface area contributed by atoms with E-state index >= 15 is 0 Å². The standard InChI is InChI=1S/C18H19N3O3/c1-4-10-6-9(3)7-11(5-2)15(10)21-13(22)8-12-14(16(21)19)18(24)20-17(12)23/h6-8H,4-5,19H2,1-3H3,(H,20,23,24). The molecule has 0 aliphatic carbocycles. The molecule has 6 heteroatoms. The number of anilines is 1. The molecule has 0 saturated heterocycles. The van der Waals surface area contributed by atoms with E-state index in [4.69, 9.17) is 5.73 Å². The van der Waals surface area contributed by atoms with Crippen molar-refractivity contribution in [3.63, 3.8) is 0 Å². The van der Waals surface area contributed by atoms with Gasteiger partial charge in [0, 0.05) is 6.07 Å². The van der Waals surface area contributed by atoms with Crippen LogP contribution in [0.2, 0.25) is 0 Å². The maximum Gasteiger partial charge on any atom is 0.262 e. The summed E-state index contributed by atoms with van der Waals surface area (Å²) in [6, 6.07) is 5.21. The lowest BCUT2D eigenvalue weighted by Gasteiger charge is -2.19. The first kappa shape index (κ1) is 16.0. The molecule has 24 heavy (non-hydrogen) atoms. The van der Waals surface area contributed by atoms with Gasteiger partial charge in [0.25, 0.3) is 17.4 Å². The summed E-state index contributed by atoms with van der Waals surface area (Å²) in [6.07, 6.45) is 1.44. The van der Waals surface area contributed by atoms with Gasteiger partial charge in [0.05, 0.1) is 16.8 Å². The third-order valence-corrected chi connectivity index (χ3v) is 4.35. The Morgan fingerprint density at radius 2 is 1.58 bits per heavy atom. The van der Waals surface area contributed by atoms with Crippen LogP contribution in [0, 0.1) is 6.92 Å². The number of aryl methyl sites for hydroxylation is 3. The second kappa shape index (κ2) is 5.63. The Balaban J connectivity index is 2.41. The van der Waals surface area contributed by atoms with Crippen molar-refractivity contribution in [1.82, 2.24) is 9.88 Å². The molecule has 0 bridgehead atoms. The molecule has 0 radical (unpaired) electrons. The summed E-state index contributed by atoms with van der Waals surface area (Å²) in [6.45, 7) is 6.01. The highest BCUT2D eigenvalue weighted by Gasteiger charge is 2.32. The van der Waals surface area contributed by atoms with E-state index in [0.717, 1.165) is 29.5 Å². The number of fused-ring (bicyclic) bond motifs is 1. The van der Waals surface area contributed by atoms with Gasteiger partial charge in [-0.15, -0.1) is 0 Å². The lowest BCUT2D eigenvalue weighted by Crippen LogP contribution is -2.26. The minimum Gasteiger partial charge on any atom is -0.384 e. The number of hydrogen-bond donors (Lipinski definition) is 2. The molecule has 1 aliphatic rings. The van der Waals surface area contributed by atoms with Crippen molar-refractivity contribution >= 4 is 17.6 Å². The average Bonchev–Trinajstić information content (AvgIpc) is 2.82. The van der Waals surface area contributed by atoms with Crippen LogP contribution in [0.5, 0.6) is 0 Å². The SMILES string of the molecule is CCc1cc(C)cc(CC)c1-n1c(N)c2c(cc1=O)C(=O)NC2=O. The molecule has 0 fully saturated rings. The topological polar surface area (TPSA) is 94.2 Å². The highest BCUT2D eigenvalue weighted by molar-refractivity contribution is 6.23. The number of rotatable bonds is 3. The Kier molecular flexibility index (Phi) is 3.75. The Morgan fingerprint density at radius 3 is 2.12 bits per heavy atom. The molecule has 0 atom stereocenters. The van der Waals surface area contributed by atoms with Gasteiger partial charge < -0.3 is 5.73 Å². The lowest BCUT2D eigenvalue weighted by molar-refractivity contribution is 0.0880. The predicted octanol–water partition coefficient (Wildman–Crippen LogP) is 1.74. The Labute approximate surface area is 139 Å². The van der Waals surface area contributed by atoms with Crippen LogP contribution in [0.4, 0.5) is 5.82 Å². The fourth-order valence-electron chi connectivity index (χ4n) is 3.27. The smallest absolute Gasteiger partial charge is 0.262 e. The molecule has 0 saturated carbocycles. The van der Waals surface area contributed by atoms with Crippen LogP contribution in [0.25, 0.3) is 5.69 Å². The second-order valence-corrected chi connectivity index (χ2v) is 5.91. The highest BCUT2D eigenvalue weighted by Crippen LogP contribution is 2.28. The summed E-state index contributed by atoms with van der Waals surface area (Å²) >= 11 is 0. The highest BCUT2D eigenvalue weighted by atomic mass is 16.2. The number of nitrogens with zero attached hydrogens (tertiary/aromatic N) is 1. The summed E-state index contributed by atoms with van der Waals surface area (Å²) in [5.41, 5.74) is 9.63. The van der Waals surface area contributed by atoms with Crippen molar-refractivity contribution < 1.29 is 9.59 Å². The van der Waals surface area contributed by atoms with Crippen molar-refractivity contribution in [2.75, 3.05) is 5.73 Å². The maximum absolute atomic E-state index is 12.7. The van der Waals surface area contributed by atoms with E-state index in [0.29, 0.717) is 5.69 Å². The third kappa shape index (κ3) is 2.22. The zero-order valence-corrected chi connectivity index (χ0v) is 13.9. The average molecular weight is 325 g/mol. The van der Waals surface area contributed by atoms with Crippen molar-refractivity contribution in [3.8, 4) is 5.69 Å². The fourth-order valence-corrected chi connectivity index (χ4v) is 3.27. The molecule has 0 spiro atoms. The Morgan fingerprint density at radius 1 is 1.00 bits per heavy atom. The molecule has 2 heterocycles. The van der Waals surface area contributed by atoms with Gasteiger partial charge in [0.2, 0.25) is 0 Å². The predicted molar refractivity (Wildman–Crippen MR) is 91.7 cm³/mol. The Bertz CT molecular complexity index is 916. The van der Waals surface area contributed by atoms with Crippen LogP contribution in [0.15, 0.2) is 23.0 Å². The van der Waals surface area contributed by atoms with Gasteiger partial charge in [-0.1, -0.05) is 31.5 Å². The minimum atomic E-state index is -0.582. The number of nitrogen functional groups attached to an aromatic ring is 1. The van der Waals surface area contributed by atoms with Gasteiger partial charge in [-0.25, -0.2) is 0 Å². The molecule has 1 aliphatic heterocycles. The van der Waals surface area contributed by atoms with E-state index in [1.54, 1.807) is 0 Å². The van der Waals surface area contributed by atoms with Crippen molar-refractivity contribution in [2.24, 2.45) is 0 Å². The minimum absolute atomic E-state index is 0.00843. The molecule has 0 unspecified atom stereocenters. The summed E-state index contributed by atoms with van der Waals surface area (Å²) in [4.78, 5) is 36.5. The lowest BCUT2D eigenvalue weighted by atomic mass is 9.98. The summed E-state index contributed by atoms with van der Waals surface area (Å²) in [5, 5.41) is 2.19. The number of benzene rings is 1. The van der Waals surface area contributed by atoms with Gasteiger partial charge in [0.15, 0.2) is 0 Å².